The number of benzene rings is 2. The molecule has 0 aromatic heterocycles. The van der Waals surface area contributed by atoms with Gasteiger partial charge in [-0.25, -0.2) is 8.42 Å². The van der Waals surface area contributed by atoms with Gasteiger partial charge in [-0.2, -0.15) is 4.31 Å². The lowest BCUT2D eigenvalue weighted by atomic mass is 10.1. The van der Waals surface area contributed by atoms with Crippen LogP contribution < -0.4 is 10.6 Å². The van der Waals surface area contributed by atoms with Crippen molar-refractivity contribution in [3.8, 4) is 0 Å². The average Bonchev–Trinajstić information content (AvgIpc) is 2.76. The minimum atomic E-state index is -3.44. The first-order valence-electron chi connectivity index (χ1n) is 9.67. The van der Waals surface area contributed by atoms with E-state index >= 15 is 0 Å². The van der Waals surface area contributed by atoms with Crippen LogP contribution in [-0.2, 0) is 14.8 Å². The monoisotopic (exact) mass is 431 g/mol. The minimum Gasteiger partial charge on any atom is -0.379 e. The van der Waals surface area contributed by atoms with Gasteiger partial charge < -0.3 is 15.4 Å². The van der Waals surface area contributed by atoms with Crippen molar-refractivity contribution in [2.45, 2.75) is 6.92 Å². The summed E-state index contributed by atoms with van der Waals surface area (Å²) in [6, 6.07) is 13.7. The van der Waals surface area contributed by atoms with Crippen molar-refractivity contribution in [1.82, 2.24) is 9.62 Å². The van der Waals surface area contributed by atoms with E-state index in [0.717, 1.165) is 5.56 Å². The molecule has 3 rings (SSSR count). The smallest absolute Gasteiger partial charge is 0.255 e. The zero-order valence-electron chi connectivity index (χ0n) is 16.8. The molecule has 1 fully saturated rings. The van der Waals surface area contributed by atoms with E-state index in [1.807, 2.05) is 13.0 Å². The lowest BCUT2D eigenvalue weighted by molar-refractivity contribution is 0.0730. The second-order valence-electron chi connectivity index (χ2n) is 6.93. The lowest BCUT2D eigenvalue weighted by Gasteiger charge is -2.26. The highest BCUT2D eigenvalue weighted by atomic mass is 32.2. The molecule has 0 atom stereocenters. The molecule has 2 aromatic carbocycles. The van der Waals surface area contributed by atoms with Crippen LogP contribution in [0.2, 0.25) is 0 Å². The van der Waals surface area contributed by atoms with Crippen LogP contribution in [0.3, 0.4) is 0 Å². The van der Waals surface area contributed by atoms with Crippen molar-refractivity contribution in [2.75, 3.05) is 43.9 Å². The fraction of sp³-hybridized carbons (Fsp3) is 0.333. The van der Waals surface area contributed by atoms with Gasteiger partial charge in [-0.1, -0.05) is 24.3 Å². The Kier molecular flexibility index (Phi) is 7.20. The van der Waals surface area contributed by atoms with Gasteiger partial charge in [-0.3, -0.25) is 9.59 Å². The highest BCUT2D eigenvalue weighted by Crippen LogP contribution is 2.18. The first kappa shape index (κ1) is 21.9. The molecule has 9 heteroatoms. The number of morpholine rings is 1. The number of anilines is 1. The number of carbonyl (C=O) groups is 2. The van der Waals surface area contributed by atoms with Gasteiger partial charge in [0.25, 0.3) is 11.8 Å². The molecule has 0 radical (unpaired) electrons. The standard InChI is InChI=1S/C21H25N3O5S/c1-16-7-8-18(15-19(16)23-21(26)17-5-3-2-4-6-17)20(25)22-9-14-30(27,28)24-10-12-29-13-11-24/h2-8,15H,9-14H2,1H3,(H,22,25)(H,23,26). The van der Waals surface area contributed by atoms with Crippen molar-refractivity contribution < 1.29 is 22.7 Å². The number of amides is 2. The molecule has 2 amide bonds. The van der Waals surface area contributed by atoms with Crippen molar-refractivity contribution in [3.05, 3.63) is 65.2 Å². The van der Waals surface area contributed by atoms with Gasteiger partial charge in [-0.05, 0) is 36.8 Å². The predicted octanol–water partition coefficient (Wildman–Crippen LogP) is 1.64. The Morgan fingerprint density at radius 3 is 2.40 bits per heavy atom. The fourth-order valence-corrected chi connectivity index (χ4v) is 4.36. The van der Waals surface area contributed by atoms with Crippen LogP contribution in [0.15, 0.2) is 48.5 Å². The van der Waals surface area contributed by atoms with E-state index in [1.165, 1.54) is 4.31 Å². The maximum Gasteiger partial charge on any atom is 0.255 e. The van der Waals surface area contributed by atoms with Crippen LogP contribution in [0.5, 0.6) is 0 Å². The van der Waals surface area contributed by atoms with Gasteiger partial charge in [0.05, 0.1) is 19.0 Å². The van der Waals surface area contributed by atoms with Crippen LogP contribution >= 0.6 is 0 Å². The van der Waals surface area contributed by atoms with E-state index in [0.29, 0.717) is 43.1 Å². The molecular weight excluding hydrogens is 406 g/mol. The SMILES string of the molecule is Cc1ccc(C(=O)NCCS(=O)(=O)N2CCOCC2)cc1NC(=O)c1ccccc1. The molecule has 2 aromatic rings. The molecule has 2 N–H and O–H groups in total. The number of carbonyl (C=O) groups excluding carboxylic acids is 2. The summed E-state index contributed by atoms with van der Waals surface area (Å²) in [4.78, 5) is 24.9. The van der Waals surface area contributed by atoms with Gasteiger partial charge in [-0.15, -0.1) is 0 Å². The number of nitrogens with one attached hydrogen (secondary N) is 2. The zero-order valence-corrected chi connectivity index (χ0v) is 17.6. The Bertz CT molecular complexity index is 1000. The van der Waals surface area contributed by atoms with E-state index < -0.39 is 15.9 Å². The summed E-state index contributed by atoms with van der Waals surface area (Å²) in [6.07, 6.45) is 0. The summed E-state index contributed by atoms with van der Waals surface area (Å²) < 4.78 is 31.2. The van der Waals surface area contributed by atoms with Gasteiger partial charge in [0.15, 0.2) is 0 Å². The number of hydrogen-bond donors (Lipinski definition) is 2. The molecule has 0 spiro atoms. The maximum atomic E-state index is 12.5. The fourth-order valence-electron chi connectivity index (χ4n) is 3.03. The molecule has 0 saturated carbocycles. The van der Waals surface area contributed by atoms with Crippen LogP contribution in [0, 0.1) is 6.92 Å². The maximum absolute atomic E-state index is 12.5. The molecule has 0 unspecified atom stereocenters. The largest absolute Gasteiger partial charge is 0.379 e. The van der Waals surface area contributed by atoms with Gasteiger partial charge in [0.1, 0.15) is 0 Å². The number of sulfonamides is 1. The third kappa shape index (κ3) is 5.65. The zero-order chi connectivity index (χ0) is 21.6. The quantitative estimate of drug-likeness (QED) is 0.694. The summed E-state index contributed by atoms with van der Waals surface area (Å²) in [6.45, 7) is 3.26. The summed E-state index contributed by atoms with van der Waals surface area (Å²) in [5, 5.41) is 5.45. The topological polar surface area (TPSA) is 105 Å². The molecule has 0 aliphatic carbocycles. The molecular formula is C21H25N3O5S. The second-order valence-corrected chi connectivity index (χ2v) is 9.02. The number of aryl methyl sites for hydroxylation is 1. The number of nitrogens with zero attached hydrogens (tertiary/aromatic N) is 1. The molecule has 30 heavy (non-hydrogen) atoms. The second kappa shape index (κ2) is 9.84. The van der Waals surface area contributed by atoms with Crippen LogP contribution in [0.1, 0.15) is 26.3 Å². The van der Waals surface area contributed by atoms with Crippen molar-refractivity contribution in [2.24, 2.45) is 0 Å². The van der Waals surface area contributed by atoms with E-state index in [1.54, 1.807) is 42.5 Å². The normalized spacial score (nSPS) is 14.8. The van der Waals surface area contributed by atoms with Gasteiger partial charge in [0, 0.05) is 36.4 Å². The third-order valence-electron chi connectivity index (χ3n) is 4.79. The Hall–Kier alpha value is -2.75. The first-order valence-corrected chi connectivity index (χ1v) is 11.3. The molecule has 0 bridgehead atoms. The van der Waals surface area contributed by atoms with E-state index in [9.17, 15) is 18.0 Å². The van der Waals surface area contributed by atoms with Gasteiger partial charge >= 0.3 is 0 Å². The average molecular weight is 432 g/mol. The summed E-state index contributed by atoms with van der Waals surface area (Å²) in [5.74, 6) is -0.849. The van der Waals surface area contributed by atoms with E-state index in [-0.39, 0.29) is 18.2 Å². The summed E-state index contributed by atoms with van der Waals surface area (Å²) >= 11 is 0. The third-order valence-corrected chi connectivity index (χ3v) is 6.66. The Morgan fingerprint density at radius 2 is 1.70 bits per heavy atom. The van der Waals surface area contributed by atoms with Crippen LogP contribution in [-0.4, -0.2) is 63.1 Å². The van der Waals surface area contributed by atoms with Crippen molar-refractivity contribution >= 4 is 27.5 Å². The molecule has 160 valence electrons. The number of hydrogen-bond acceptors (Lipinski definition) is 5. The van der Waals surface area contributed by atoms with Gasteiger partial charge in [0.2, 0.25) is 10.0 Å². The molecule has 1 aliphatic heterocycles. The molecule has 1 aliphatic rings. The molecule has 1 heterocycles. The predicted molar refractivity (Wildman–Crippen MR) is 114 cm³/mol. The number of ether oxygens (including phenoxy) is 1. The minimum absolute atomic E-state index is 0.00188. The van der Waals surface area contributed by atoms with Crippen molar-refractivity contribution in [3.63, 3.8) is 0 Å². The molecule has 8 nitrogen and oxygen atoms in total. The highest BCUT2D eigenvalue weighted by molar-refractivity contribution is 7.89. The lowest BCUT2D eigenvalue weighted by Crippen LogP contribution is -2.43. The van der Waals surface area contributed by atoms with Crippen LogP contribution in [0.4, 0.5) is 5.69 Å². The van der Waals surface area contributed by atoms with Crippen LogP contribution in [0.25, 0.3) is 0 Å². The highest BCUT2D eigenvalue weighted by Gasteiger charge is 2.24. The first-order chi connectivity index (χ1) is 14.4. The Morgan fingerprint density at radius 1 is 1.00 bits per heavy atom. The molecule has 1 saturated heterocycles. The van der Waals surface area contributed by atoms with Crippen molar-refractivity contribution in [1.29, 1.82) is 0 Å². The number of rotatable bonds is 7. The summed E-state index contributed by atoms with van der Waals surface area (Å²) in [7, 11) is -3.44. The Balaban J connectivity index is 1.59. The van der Waals surface area contributed by atoms with E-state index in [4.69, 9.17) is 4.74 Å². The summed E-state index contributed by atoms with van der Waals surface area (Å²) in [5.41, 5.74) is 2.19. The van der Waals surface area contributed by atoms with E-state index in [2.05, 4.69) is 10.6 Å². The Labute approximate surface area is 176 Å².